The summed E-state index contributed by atoms with van der Waals surface area (Å²) in [4.78, 5) is 0. The zero-order valence-corrected chi connectivity index (χ0v) is 10.6. The summed E-state index contributed by atoms with van der Waals surface area (Å²) in [5.41, 5.74) is 1.86. The van der Waals surface area contributed by atoms with Gasteiger partial charge >= 0.3 is 0 Å². The smallest absolute Gasteiger partial charge is 0.127 e. The Kier molecular flexibility index (Phi) is 3.47. The molecule has 0 spiro atoms. The third-order valence-corrected chi connectivity index (χ3v) is 3.46. The van der Waals surface area contributed by atoms with E-state index in [1.807, 2.05) is 30.3 Å². The summed E-state index contributed by atoms with van der Waals surface area (Å²) in [5, 5.41) is 3.41. The molecule has 0 saturated heterocycles. The fourth-order valence-electron chi connectivity index (χ4n) is 2.43. The van der Waals surface area contributed by atoms with Crippen molar-refractivity contribution in [2.45, 2.75) is 19.0 Å². The highest BCUT2D eigenvalue weighted by Gasteiger charge is 2.20. The lowest BCUT2D eigenvalue weighted by Gasteiger charge is -2.26. The number of halogens is 1. The zero-order valence-electron chi connectivity index (χ0n) is 10.6. The van der Waals surface area contributed by atoms with Crippen LogP contribution in [0.5, 0.6) is 5.75 Å². The molecule has 0 aliphatic carbocycles. The molecular formula is C16H16FNO. The summed E-state index contributed by atoms with van der Waals surface area (Å²) >= 11 is 0. The van der Waals surface area contributed by atoms with E-state index in [1.165, 1.54) is 6.07 Å². The number of benzene rings is 2. The van der Waals surface area contributed by atoms with Crippen molar-refractivity contribution in [1.29, 1.82) is 0 Å². The molecule has 3 rings (SSSR count). The molecule has 3 heteroatoms. The molecule has 1 atom stereocenters. The quantitative estimate of drug-likeness (QED) is 0.909. The van der Waals surface area contributed by atoms with E-state index in [4.69, 9.17) is 4.74 Å². The maximum Gasteiger partial charge on any atom is 0.127 e. The van der Waals surface area contributed by atoms with Crippen LogP contribution in [0.4, 0.5) is 4.39 Å². The van der Waals surface area contributed by atoms with E-state index in [9.17, 15) is 4.39 Å². The molecule has 0 radical (unpaired) electrons. The van der Waals surface area contributed by atoms with Gasteiger partial charge in [0.15, 0.2) is 0 Å². The molecule has 2 aromatic carbocycles. The molecule has 0 saturated carbocycles. The Morgan fingerprint density at radius 3 is 2.79 bits per heavy atom. The van der Waals surface area contributed by atoms with Crippen LogP contribution in [0.25, 0.3) is 0 Å². The van der Waals surface area contributed by atoms with Gasteiger partial charge < -0.3 is 10.1 Å². The third-order valence-electron chi connectivity index (χ3n) is 3.46. The molecule has 0 aromatic heterocycles. The average Bonchev–Trinajstić information content (AvgIpc) is 2.46. The molecule has 0 amide bonds. The number of fused-ring (bicyclic) bond motifs is 1. The van der Waals surface area contributed by atoms with Crippen molar-refractivity contribution in [1.82, 2.24) is 5.32 Å². The minimum Gasteiger partial charge on any atom is -0.493 e. The first-order chi connectivity index (χ1) is 9.34. The maximum atomic E-state index is 13.6. The van der Waals surface area contributed by atoms with Gasteiger partial charge in [0.2, 0.25) is 0 Å². The van der Waals surface area contributed by atoms with Crippen LogP contribution >= 0.6 is 0 Å². The number of hydrogen-bond donors (Lipinski definition) is 1. The summed E-state index contributed by atoms with van der Waals surface area (Å²) in [6.45, 7) is 1.23. The van der Waals surface area contributed by atoms with E-state index in [0.29, 0.717) is 18.7 Å². The first-order valence-corrected chi connectivity index (χ1v) is 6.53. The molecule has 2 nitrogen and oxygen atoms in total. The minimum absolute atomic E-state index is 0.157. The second-order valence-electron chi connectivity index (χ2n) is 4.70. The molecule has 1 heterocycles. The van der Waals surface area contributed by atoms with Gasteiger partial charge in [-0.05, 0) is 12.1 Å². The van der Waals surface area contributed by atoms with Gasteiger partial charge in [-0.25, -0.2) is 4.39 Å². The molecule has 0 fully saturated rings. The highest BCUT2D eigenvalue weighted by molar-refractivity contribution is 5.37. The third kappa shape index (κ3) is 2.61. The van der Waals surface area contributed by atoms with E-state index in [2.05, 4.69) is 11.4 Å². The topological polar surface area (TPSA) is 21.3 Å². The first-order valence-electron chi connectivity index (χ1n) is 6.53. The Hall–Kier alpha value is -1.87. The van der Waals surface area contributed by atoms with Gasteiger partial charge in [-0.2, -0.15) is 0 Å². The van der Waals surface area contributed by atoms with E-state index < -0.39 is 0 Å². The second-order valence-corrected chi connectivity index (χ2v) is 4.70. The summed E-state index contributed by atoms with van der Waals surface area (Å²) in [7, 11) is 0. The largest absolute Gasteiger partial charge is 0.493 e. The molecule has 98 valence electrons. The Balaban J connectivity index is 1.73. The molecule has 1 aliphatic rings. The molecule has 19 heavy (non-hydrogen) atoms. The van der Waals surface area contributed by atoms with Gasteiger partial charge in [0.25, 0.3) is 0 Å². The van der Waals surface area contributed by atoms with E-state index in [-0.39, 0.29) is 11.9 Å². The number of nitrogens with one attached hydrogen (secondary N) is 1. The zero-order chi connectivity index (χ0) is 13.1. The van der Waals surface area contributed by atoms with Gasteiger partial charge in [0.1, 0.15) is 11.6 Å². The van der Waals surface area contributed by atoms with Crippen molar-refractivity contribution < 1.29 is 9.13 Å². The standard InChI is InChI=1S/C16H16FNO/c17-14-7-3-1-5-12(14)11-18-15-9-10-19-16-8-4-2-6-13(15)16/h1-8,15,18H,9-11H2. The van der Waals surface area contributed by atoms with Crippen molar-refractivity contribution in [2.75, 3.05) is 6.61 Å². The maximum absolute atomic E-state index is 13.6. The Bertz CT molecular complexity index is 570. The normalized spacial score (nSPS) is 17.6. The van der Waals surface area contributed by atoms with Gasteiger partial charge in [0.05, 0.1) is 6.61 Å². The number of ether oxygens (including phenoxy) is 1. The Labute approximate surface area is 112 Å². The van der Waals surface area contributed by atoms with Crippen LogP contribution in [0.15, 0.2) is 48.5 Å². The molecule has 2 aromatic rings. The second kappa shape index (κ2) is 5.41. The predicted molar refractivity (Wildman–Crippen MR) is 72.5 cm³/mol. The SMILES string of the molecule is Fc1ccccc1CNC1CCOc2ccccc21. The van der Waals surface area contributed by atoms with Crippen molar-refractivity contribution in [3.63, 3.8) is 0 Å². The lowest BCUT2D eigenvalue weighted by atomic mass is 10.0. The summed E-state index contributed by atoms with van der Waals surface area (Å²) < 4.78 is 19.2. The summed E-state index contributed by atoms with van der Waals surface area (Å²) in [6.07, 6.45) is 0.908. The monoisotopic (exact) mass is 257 g/mol. The number of hydrogen-bond acceptors (Lipinski definition) is 2. The highest BCUT2D eigenvalue weighted by atomic mass is 19.1. The van der Waals surface area contributed by atoms with Crippen LogP contribution in [0.3, 0.4) is 0 Å². The van der Waals surface area contributed by atoms with Gasteiger partial charge in [0, 0.05) is 30.1 Å². The van der Waals surface area contributed by atoms with Crippen LogP contribution in [0, 0.1) is 5.82 Å². The average molecular weight is 257 g/mol. The fraction of sp³-hybridized carbons (Fsp3) is 0.250. The Morgan fingerprint density at radius 2 is 1.89 bits per heavy atom. The van der Waals surface area contributed by atoms with E-state index in [1.54, 1.807) is 6.07 Å². The van der Waals surface area contributed by atoms with Crippen molar-refractivity contribution in [3.05, 3.63) is 65.5 Å². The minimum atomic E-state index is -0.157. The molecule has 1 aliphatic heterocycles. The molecule has 1 unspecified atom stereocenters. The lowest BCUT2D eigenvalue weighted by molar-refractivity contribution is 0.252. The predicted octanol–water partition coefficient (Wildman–Crippen LogP) is 3.44. The van der Waals surface area contributed by atoms with Crippen molar-refractivity contribution >= 4 is 0 Å². The molecule has 1 N–H and O–H groups in total. The van der Waals surface area contributed by atoms with Gasteiger partial charge in [-0.15, -0.1) is 0 Å². The van der Waals surface area contributed by atoms with E-state index >= 15 is 0 Å². The Morgan fingerprint density at radius 1 is 1.11 bits per heavy atom. The van der Waals surface area contributed by atoms with Crippen LogP contribution in [-0.2, 0) is 6.54 Å². The van der Waals surface area contributed by atoms with Crippen LogP contribution in [-0.4, -0.2) is 6.61 Å². The van der Waals surface area contributed by atoms with Crippen LogP contribution < -0.4 is 10.1 Å². The van der Waals surface area contributed by atoms with Gasteiger partial charge in [-0.1, -0.05) is 36.4 Å². The number of rotatable bonds is 3. The summed E-state index contributed by atoms with van der Waals surface area (Å²) in [5.74, 6) is 0.773. The van der Waals surface area contributed by atoms with Crippen molar-refractivity contribution in [3.8, 4) is 5.75 Å². The van der Waals surface area contributed by atoms with E-state index in [0.717, 1.165) is 17.7 Å². The van der Waals surface area contributed by atoms with Crippen LogP contribution in [0.2, 0.25) is 0 Å². The van der Waals surface area contributed by atoms with Gasteiger partial charge in [-0.3, -0.25) is 0 Å². The molecular weight excluding hydrogens is 241 g/mol. The lowest BCUT2D eigenvalue weighted by Crippen LogP contribution is -2.27. The van der Waals surface area contributed by atoms with Crippen LogP contribution in [0.1, 0.15) is 23.6 Å². The highest BCUT2D eigenvalue weighted by Crippen LogP contribution is 2.31. The summed E-state index contributed by atoms with van der Waals surface area (Å²) in [6, 6.07) is 15.1. The molecule has 0 bridgehead atoms. The first kappa shape index (κ1) is 12.2. The van der Waals surface area contributed by atoms with Crippen molar-refractivity contribution in [2.24, 2.45) is 0 Å². The number of para-hydroxylation sites is 1. The fourth-order valence-corrected chi connectivity index (χ4v) is 2.43.